The number of carboxylic acids is 1. The first kappa shape index (κ1) is 23.7. The fraction of sp³-hybridized carbons (Fsp3) is 0.192. The number of aliphatic carboxylic acids is 1. The first-order chi connectivity index (χ1) is 17.5. The van der Waals surface area contributed by atoms with Gasteiger partial charge >= 0.3 is 12.1 Å². The number of ether oxygens (including phenoxy) is 2. The minimum absolute atomic E-state index is 0.130. The molecule has 0 unspecified atom stereocenters. The monoisotopic (exact) mass is 508 g/mol. The zero-order valence-corrected chi connectivity index (χ0v) is 19.7. The van der Waals surface area contributed by atoms with Crippen molar-refractivity contribution in [3.63, 3.8) is 0 Å². The molecule has 0 fully saturated rings. The van der Waals surface area contributed by atoms with Crippen LogP contribution in [0.4, 0.5) is 4.79 Å². The third-order valence-electron chi connectivity index (χ3n) is 5.83. The molecule has 9 nitrogen and oxygen atoms in total. The summed E-state index contributed by atoms with van der Waals surface area (Å²) < 4.78 is 16.1. The van der Waals surface area contributed by atoms with Crippen molar-refractivity contribution in [1.82, 2.24) is 10.2 Å². The molecule has 3 aromatic carbocycles. The zero-order valence-electron chi connectivity index (χ0n) is 18.9. The number of fused-ring (bicyclic) bond motifs is 2. The first-order valence-corrected chi connectivity index (χ1v) is 11.5. The lowest BCUT2D eigenvalue weighted by atomic mass is 9.89. The molecule has 184 valence electrons. The van der Waals surface area contributed by atoms with E-state index in [9.17, 15) is 9.59 Å². The highest BCUT2D eigenvalue weighted by atomic mass is 35.5. The Labute approximate surface area is 210 Å². The molecule has 0 radical (unpaired) electrons. The van der Waals surface area contributed by atoms with Crippen molar-refractivity contribution < 1.29 is 33.5 Å². The van der Waals surface area contributed by atoms with Crippen molar-refractivity contribution in [2.24, 2.45) is 0 Å². The van der Waals surface area contributed by atoms with Crippen LogP contribution < -0.4 is 4.74 Å². The van der Waals surface area contributed by atoms with E-state index in [0.717, 1.165) is 16.5 Å². The number of para-hydroxylation sites is 1. The summed E-state index contributed by atoms with van der Waals surface area (Å²) in [5.41, 5.74) is 3.57. The van der Waals surface area contributed by atoms with E-state index in [2.05, 4.69) is 5.16 Å². The largest absolute Gasteiger partial charge is 0.528 e. The topological polar surface area (TPSA) is 111 Å². The third-order valence-corrected chi connectivity index (χ3v) is 6.06. The average molecular weight is 509 g/mol. The van der Waals surface area contributed by atoms with Gasteiger partial charge in [0.25, 0.3) is 0 Å². The van der Waals surface area contributed by atoms with Crippen LogP contribution in [0.1, 0.15) is 28.4 Å². The molecule has 4 aromatic rings. The number of halogens is 1. The molecule has 1 atom stereocenters. The van der Waals surface area contributed by atoms with E-state index in [1.807, 2.05) is 42.5 Å². The van der Waals surface area contributed by atoms with Gasteiger partial charge in [-0.05, 0) is 47.9 Å². The first-order valence-electron chi connectivity index (χ1n) is 11.2. The second-order valence-electron chi connectivity index (χ2n) is 8.11. The van der Waals surface area contributed by atoms with Gasteiger partial charge in [0.1, 0.15) is 18.1 Å². The molecule has 0 bridgehead atoms. The number of hydrogen-bond acceptors (Lipinski definition) is 8. The van der Waals surface area contributed by atoms with Crippen molar-refractivity contribution >= 4 is 34.7 Å². The molecule has 2 heterocycles. The predicted octanol–water partition coefficient (Wildman–Crippen LogP) is 5.16. The molecule has 1 aliphatic heterocycles. The highest BCUT2D eigenvalue weighted by Gasteiger charge is 2.34. The van der Waals surface area contributed by atoms with Gasteiger partial charge in [-0.1, -0.05) is 53.2 Å². The van der Waals surface area contributed by atoms with Gasteiger partial charge in [0.2, 0.25) is 0 Å². The van der Waals surface area contributed by atoms with Crippen LogP contribution >= 0.6 is 11.6 Å². The number of carbonyl (C=O) groups excluding carboxylic acids is 1. The normalized spacial score (nSPS) is 15.3. The summed E-state index contributed by atoms with van der Waals surface area (Å²) in [4.78, 5) is 29.5. The lowest BCUT2D eigenvalue weighted by Crippen LogP contribution is -2.38. The predicted molar refractivity (Wildman–Crippen MR) is 129 cm³/mol. The second kappa shape index (κ2) is 10.3. The summed E-state index contributed by atoms with van der Waals surface area (Å²) in [7, 11) is 0. The molecule has 0 saturated heterocycles. The SMILES string of the molecule is O=C(O)COc1ccc(Cl)cc1[C@@H]1c2ccccc2CCN1OC(=O)OCc1noc2ccccc12. The van der Waals surface area contributed by atoms with E-state index in [0.29, 0.717) is 40.6 Å². The average Bonchev–Trinajstić information content (AvgIpc) is 3.29. The molecule has 5 rings (SSSR count). The zero-order chi connectivity index (χ0) is 25.1. The number of nitrogens with zero attached hydrogens (tertiary/aromatic N) is 2. The van der Waals surface area contributed by atoms with Crippen LogP contribution in [-0.2, 0) is 27.4 Å². The molecule has 0 saturated carbocycles. The van der Waals surface area contributed by atoms with Crippen LogP contribution in [0.2, 0.25) is 5.02 Å². The number of aromatic nitrogens is 1. The third kappa shape index (κ3) is 4.98. The van der Waals surface area contributed by atoms with E-state index >= 15 is 0 Å². The van der Waals surface area contributed by atoms with Crippen molar-refractivity contribution in [3.8, 4) is 5.75 Å². The maximum absolute atomic E-state index is 12.7. The van der Waals surface area contributed by atoms with Crippen LogP contribution in [-0.4, -0.2) is 40.6 Å². The molecule has 36 heavy (non-hydrogen) atoms. The lowest BCUT2D eigenvalue weighted by molar-refractivity contribution is -0.152. The van der Waals surface area contributed by atoms with Crippen LogP contribution in [0.3, 0.4) is 0 Å². The molecule has 1 aliphatic rings. The molecule has 0 aliphatic carbocycles. The van der Waals surface area contributed by atoms with E-state index in [4.69, 9.17) is 35.5 Å². The van der Waals surface area contributed by atoms with Crippen molar-refractivity contribution in [2.45, 2.75) is 19.1 Å². The minimum atomic E-state index is -1.11. The maximum atomic E-state index is 12.7. The fourth-order valence-electron chi connectivity index (χ4n) is 4.26. The summed E-state index contributed by atoms with van der Waals surface area (Å²) in [5.74, 6) is -0.795. The number of benzene rings is 3. The molecule has 0 spiro atoms. The van der Waals surface area contributed by atoms with Crippen LogP contribution in [0.25, 0.3) is 11.0 Å². The van der Waals surface area contributed by atoms with E-state index in [-0.39, 0.29) is 6.61 Å². The van der Waals surface area contributed by atoms with Crippen molar-refractivity contribution in [2.75, 3.05) is 13.2 Å². The Balaban J connectivity index is 1.40. The molecule has 0 amide bonds. The van der Waals surface area contributed by atoms with Crippen LogP contribution in [0.15, 0.2) is 71.3 Å². The van der Waals surface area contributed by atoms with Gasteiger partial charge in [-0.3, -0.25) is 0 Å². The summed E-state index contributed by atoms with van der Waals surface area (Å²) in [5, 5.41) is 15.7. The smallest absolute Gasteiger partial charge is 0.482 e. The van der Waals surface area contributed by atoms with Crippen molar-refractivity contribution in [3.05, 3.63) is 94.1 Å². The molecule has 1 N–H and O–H groups in total. The summed E-state index contributed by atoms with van der Waals surface area (Å²) in [6.45, 7) is -0.290. The van der Waals surface area contributed by atoms with Gasteiger partial charge in [-0.25, -0.2) is 9.59 Å². The summed E-state index contributed by atoms with van der Waals surface area (Å²) in [6, 6.07) is 19.3. The van der Waals surface area contributed by atoms with Gasteiger partial charge in [0.15, 0.2) is 12.2 Å². The van der Waals surface area contributed by atoms with Crippen LogP contribution in [0, 0.1) is 0 Å². The standard InChI is InChI=1S/C26H21ClN2O7/c27-17-9-10-22(33-15-24(30)31)20(13-17)25-18-6-2-1-5-16(18)11-12-29(25)36-26(32)34-14-21-19-7-3-4-8-23(19)35-28-21/h1-10,13,25H,11-12,14-15H2,(H,30,31)/t25-/m0/s1. The maximum Gasteiger partial charge on any atom is 0.528 e. The summed E-state index contributed by atoms with van der Waals surface area (Å²) in [6.07, 6.45) is -0.291. The Morgan fingerprint density at radius 3 is 2.75 bits per heavy atom. The van der Waals surface area contributed by atoms with Crippen molar-refractivity contribution in [1.29, 1.82) is 0 Å². The molecule has 1 aromatic heterocycles. The lowest BCUT2D eigenvalue weighted by Gasteiger charge is -2.36. The van der Waals surface area contributed by atoms with Gasteiger partial charge in [0.05, 0.1) is 6.04 Å². The number of hydroxylamine groups is 2. The number of carbonyl (C=O) groups is 2. The Kier molecular flexibility index (Phi) is 6.75. The quantitative estimate of drug-likeness (QED) is 0.338. The molecular weight excluding hydrogens is 488 g/mol. The highest BCUT2D eigenvalue weighted by Crippen LogP contribution is 2.40. The van der Waals surface area contributed by atoms with Gasteiger partial charge in [-0.2, -0.15) is 0 Å². The molecular formula is C26H21ClN2O7. The Hall–Kier alpha value is -4.08. The Morgan fingerprint density at radius 1 is 1.08 bits per heavy atom. The van der Waals surface area contributed by atoms with E-state index in [1.165, 1.54) is 5.06 Å². The highest BCUT2D eigenvalue weighted by molar-refractivity contribution is 6.30. The number of carboxylic acid groups (broad SMARTS) is 1. The molecule has 10 heteroatoms. The fourth-order valence-corrected chi connectivity index (χ4v) is 4.44. The number of hydrogen-bond donors (Lipinski definition) is 1. The van der Waals surface area contributed by atoms with Gasteiger partial charge in [0, 0.05) is 22.5 Å². The van der Waals surface area contributed by atoms with Gasteiger partial charge < -0.3 is 23.9 Å². The van der Waals surface area contributed by atoms with Gasteiger partial charge in [-0.15, -0.1) is 5.06 Å². The second-order valence-corrected chi connectivity index (χ2v) is 8.55. The Bertz CT molecular complexity index is 1420. The van der Waals surface area contributed by atoms with E-state index in [1.54, 1.807) is 24.3 Å². The Morgan fingerprint density at radius 2 is 1.89 bits per heavy atom. The summed E-state index contributed by atoms with van der Waals surface area (Å²) >= 11 is 6.30. The minimum Gasteiger partial charge on any atom is -0.482 e. The number of rotatable bonds is 7. The van der Waals surface area contributed by atoms with E-state index < -0.39 is 24.8 Å². The van der Waals surface area contributed by atoms with Crippen LogP contribution in [0.5, 0.6) is 5.75 Å².